The van der Waals surface area contributed by atoms with Gasteiger partial charge in [-0.15, -0.1) is 0 Å². The third-order valence-electron chi connectivity index (χ3n) is 3.96. The van der Waals surface area contributed by atoms with Crippen LogP contribution in [0.2, 0.25) is 0 Å². The monoisotopic (exact) mass is 324 g/mol. The number of anilines is 1. The van der Waals surface area contributed by atoms with E-state index in [1.807, 2.05) is 48.5 Å². The highest BCUT2D eigenvalue weighted by Crippen LogP contribution is 2.26. The lowest BCUT2D eigenvalue weighted by molar-refractivity contribution is 0.255. The van der Waals surface area contributed by atoms with Gasteiger partial charge >= 0.3 is 6.03 Å². The zero-order valence-electron chi connectivity index (χ0n) is 14.4. The molecule has 0 saturated carbocycles. The molecule has 126 valence electrons. The Morgan fingerprint density at radius 1 is 1.17 bits per heavy atom. The first kappa shape index (κ1) is 17.6. The lowest BCUT2D eigenvalue weighted by atomic mass is 9.97. The molecule has 1 unspecified atom stereocenters. The van der Waals surface area contributed by atoms with Crippen molar-refractivity contribution in [3.05, 3.63) is 65.9 Å². The van der Waals surface area contributed by atoms with E-state index in [0.29, 0.717) is 5.92 Å². The summed E-state index contributed by atoms with van der Waals surface area (Å²) >= 11 is 0. The predicted molar refractivity (Wildman–Crippen MR) is 99.3 cm³/mol. The number of urea groups is 1. The zero-order chi connectivity index (χ0) is 17.4. The van der Waals surface area contributed by atoms with Crippen molar-refractivity contribution in [3.8, 4) is 5.75 Å². The van der Waals surface area contributed by atoms with Crippen molar-refractivity contribution < 1.29 is 9.53 Å². The summed E-state index contributed by atoms with van der Waals surface area (Å²) in [5.41, 5.74) is 2.98. The van der Waals surface area contributed by atoms with Gasteiger partial charge < -0.3 is 15.4 Å². The van der Waals surface area contributed by atoms with E-state index in [4.69, 9.17) is 4.74 Å². The second kappa shape index (κ2) is 8.77. The third kappa shape index (κ3) is 4.88. The van der Waals surface area contributed by atoms with E-state index < -0.39 is 0 Å². The number of benzene rings is 2. The van der Waals surface area contributed by atoms with Gasteiger partial charge in [-0.3, -0.25) is 0 Å². The van der Waals surface area contributed by atoms with Crippen molar-refractivity contribution in [3.63, 3.8) is 0 Å². The maximum Gasteiger partial charge on any atom is 0.323 e. The van der Waals surface area contributed by atoms with Crippen LogP contribution < -0.4 is 15.4 Å². The minimum Gasteiger partial charge on any atom is -0.497 e. The van der Waals surface area contributed by atoms with Crippen molar-refractivity contribution >= 4 is 17.8 Å². The van der Waals surface area contributed by atoms with E-state index in [9.17, 15) is 4.79 Å². The van der Waals surface area contributed by atoms with Crippen LogP contribution in [0.5, 0.6) is 5.75 Å². The van der Waals surface area contributed by atoms with Crippen molar-refractivity contribution in [1.82, 2.24) is 5.32 Å². The van der Waals surface area contributed by atoms with Crippen LogP contribution in [0, 0.1) is 0 Å². The normalized spacial score (nSPS) is 12.0. The van der Waals surface area contributed by atoms with Gasteiger partial charge in [0.05, 0.1) is 7.11 Å². The molecule has 0 aliphatic rings. The first-order valence-electron chi connectivity index (χ1n) is 8.11. The van der Waals surface area contributed by atoms with Crippen LogP contribution >= 0.6 is 0 Å². The van der Waals surface area contributed by atoms with Crippen molar-refractivity contribution in [1.29, 1.82) is 0 Å². The molecule has 1 atom stereocenters. The Morgan fingerprint density at radius 2 is 1.88 bits per heavy atom. The van der Waals surface area contributed by atoms with Crippen LogP contribution in [-0.4, -0.2) is 13.1 Å². The molecule has 0 radical (unpaired) electrons. The molecule has 0 fully saturated rings. The molecule has 0 saturated heterocycles. The molecular formula is C20H24N2O2. The van der Waals surface area contributed by atoms with E-state index in [-0.39, 0.29) is 6.03 Å². The average molecular weight is 324 g/mol. The lowest BCUT2D eigenvalue weighted by Gasteiger charge is -2.15. The number of nitrogens with one attached hydrogen (secondary N) is 2. The summed E-state index contributed by atoms with van der Waals surface area (Å²) in [5.74, 6) is 1.20. The zero-order valence-corrected chi connectivity index (χ0v) is 14.4. The molecule has 0 heterocycles. The average Bonchev–Trinajstić information content (AvgIpc) is 2.62. The van der Waals surface area contributed by atoms with Crippen molar-refractivity contribution in [2.24, 2.45) is 0 Å². The van der Waals surface area contributed by atoms with Crippen LogP contribution in [0.15, 0.2) is 54.7 Å². The molecule has 0 spiro atoms. The Hall–Kier alpha value is -2.75. The minimum absolute atomic E-state index is 0.254. The number of amides is 2. The molecule has 4 heteroatoms. The van der Waals surface area contributed by atoms with Gasteiger partial charge in [0.25, 0.3) is 0 Å². The van der Waals surface area contributed by atoms with Gasteiger partial charge in [0.2, 0.25) is 0 Å². The number of carbonyl (C=O) groups is 1. The van der Waals surface area contributed by atoms with E-state index in [0.717, 1.165) is 29.0 Å². The highest BCUT2D eigenvalue weighted by Gasteiger charge is 2.10. The summed E-state index contributed by atoms with van der Waals surface area (Å²) < 4.78 is 5.11. The predicted octanol–water partition coefficient (Wildman–Crippen LogP) is 5.00. The Morgan fingerprint density at radius 3 is 2.54 bits per heavy atom. The van der Waals surface area contributed by atoms with E-state index in [2.05, 4.69) is 30.5 Å². The van der Waals surface area contributed by atoms with Gasteiger partial charge in [0.15, 0.2) is 0 Å². The van der Waals surface area contributed by atoms with Gasteiger partial charge in [-0.25, -0.2) is 4.79 Å². The molecule has 2 rings (SSSR count). The molecular weight excluding hydrogens is 300 g/mol. The molecule has 0 aromatic heterocycles. The molecule has 0 bridgehead atoms. The third-order valence-corrected chi connectivity index (χ3v) is 3.96. The summed E-state index contributed by atoms with van der Waals surface area (Å²) in [6.45, 7) is 4.29. The summed E-state index contributed by atoms with van der Waals surface area (Å²) in [5, 5.41) is 5.64. The fraction of sp³-hybridized carbons (Fsp3) is 0.250. The molecule has 2 aromatic rings. The van der Waals surface area contributed by atoms with Crippen LogP contribution in [0.1, 0.15) is 37.3 Å². The van der Waals surface area contributed by atoms with E-state index in [1.54, 1.807) is 13.3 Å². The molecule has 24 heavy (non-hydrogen) atoms. The molecule has 0 aliphatic carbocycles. The summed E-state index contributed by atoms with van der Waals surface area (Å²) in [4.78, 5) is 12.1. The topological polar surface area (TPSA) is 50.4 Å². The Kier molecular flexibility index (Phi) is 6.43. The number of ether oxygens (including phenoxy) is 1. The first-order chi connectivity index (χ1) is 11.6. The van der Waals surface area contributed by atoms with Crippen LogP contribution in [0.3, 0.4) is 0 Å². The Balaban J connectivity index is 1.95. The highest BCUT2D eigenvalue weighted by atomic mass is 16.5. The summed E-state index contributed by atoms with van der Waals surface area (Å²) in [6, 6.07) is 15.2. The molecule has 4 nitrogen and oxygen atoms in total. The summed E-state index contributed by atoms with van der Waals surface area (Å²) in [7, 11) is 1.63. The molecule has 2 amide bonds. The number of carbonyl (C=O) groups excluding carboxylic acids is 1. The lowest BCUT2D eigenvalue weighted by Crippen LogP contribution is -2.24. The van der Waals surface area contributed by atoms with Gasteiger partial charge in [-0.1, -0.05) is 44.2 Å². The molecule has 2 aromatic carbocycles. The van der Waals surface area contributed by atoms with Crippen LogP contribution in [0.25, 0.3) is 6.08 Å². The molecule has 0 aliphatic heterocycles. The fourth-order valence-corrected chi connectivity index (χ4v) is 2.35. The second-order valence-corrected chi connectivity index (χ2v) is 5.60. The van der Waals surface area contributed by atoms with Gasteiger partial charge in [-0.05, 0) is 47.7 Å². The maximum atomic E-state index is 12.1. The Labute approximate surface area is 143 Å². The first-order valence-corrected chi connectivity index (χ1v) is 8.11. The number of hydrogen-bond acceptors (Lipinski definition) is 2. The number of methoxy groups -OCH3 is 1. The second-order valence-electron chi connectivity index (χ2n) is 5.60. The molecule has 2 N–H and O–H groups in total. The van der Waals surface area contributed by atoms with Crippen LogP contribution in [-0.2, 0) is 0 Å². The number of para-hydroxylation sites is 1. The van der Waals surface area contributed by atoms with Gasteiger partial charge in [-0.2, -0.15) is 0 Å². The minimum atomic E-state index is -0.254. The quantitative estimate of drug-likeness (QED) is 0.785. The van der Waals surface area contributed by atoms with Crippen molar-refractivity contribution in [2.75, 3.05) is 12.4 Å². The number of rotatable bonds is 6. The van der Waals surface area contributed by atoms with Crippen LogP contribution in [0.4, 0.5) is 10.5 Å². The summed E-state index contributed by atoms with van der Waals surface area (Å²) in [6.07, 6.45) is 4.49. The maximum absolute atomic E-state index is 12.1. The van der Waals surface area contributed by atoms with E-state index >= 15 is 0 Å². The largest absolute Gasteiger partial charge is 0.497 e. The van der Waals surface area contributed by atoms with Gasteiger partial charge in [0.1, 0.15) is 5.75 Å². The smallest absolute Gasteiger partial charge is 0.323 e. The SMILES string of the molecule is CCC(C)c1ccccc1NC(=O)N/C=C/c1ccc(OC)cc1. The Bertz CT molecular complexity index is 693. The highest BCUT2D eigenvalue weighted by molar-refractivity contribution is 5.91. The van der Waals surface area contributed by atoms with Crippen molar-refractivity contribution in [2.45, 2.75) is 26.2 Å². The number of hydrogen-bond donors (Lipinski definition) is 2. The van der Waals surface area contributed by atoms with Gasteiger partial charge in [0, 0.05) is 11.9 Å². The standard InChI is InChI=1S/C20H24N2O2/c1-4-15(2)18-7-5-6-8-19(18)22-20(23)21-14-13-16-9-11-17(24-3)12-10-16/h5-15H,4H2,1-3H3,(H2,21,22,23)/b14-13+. The fourth-order valence-electron chi connectivity index (χ4n) is 2.35. The van der Waals surface area contributed by atoms with E-state index in [1.165, 1.54) is 0 Å².